The van der Waals surface area contributed by atoms with E-state index in [1.807, 2.05) is 20.9 Å². The van der Waals surface area contributed by atoms with Gasteiger partial charge in [0.2, 0.25) is 0 Å². The van der Waals surface area contributed by atoms with Gasteiger partial charge in [0.15, 0.2) is 0 Å². The summed E-state index contributed by atoms with van der Waals surface area (Å²) in [5.74, 6) is 0. The fraction of sp³-hybridized carbons (Fsp3) is 0.958. The minimum absolute atomic E-state index is 0. The number of carbonyl (C=O) groups is 1. The number of aliphatic hydroxyl groups is 2. The van der Waals surface area contributed by atoms with E-state index in [0.29, 0.717) is 6.29 Å². The van der Waals surface area contributed by atoms with Crippen LogP contribution in [-0.4, -0.2) is 130 Å². The maximum atomic E-state index is 11.8. The highest BCUT2D eigenvalue weighted by Crippen LogP contribution is 2.24. The zero-order valence-electron chi connectivity index (χ0n) is 24.6. The van der Waals surface area contributed by atoms with Crippen LogP contribution in [0.5, 0.6) is 0 Å². The predicted molar refractivity (Wildman–Crippen MR) is 149 cm³/mol. The van der Waals surface area contributed by atoms with Gasteiger partial charge < -0.3 is 20.3 Å². The van der Waals surface area contributed by atoms with Crippen LogP contribution in [0.4, 0.5) is 39.5 Å². The van der Waals surface area contributed by atoms with Crippen LogP contribution in [0, 0.1) is 0 Å². The zero-order valence-corrected chi connectivity index (χ0v) is 25.4. The molecule has 0 atom stereocenters. The summed E-state index contributed by atoms with van der Waals surface area (Å²) in [6.07, 6.45) is -7.33. The third-order valence-corrected chi connectivity index (χ3v) is 6.23. The van der Waals surface area contributed by atoms with Gasteiger partial charge in [0.1, 0.15) is 12.9 Å². The van der Waals surface area contributed by atoms with Gasteiger partial charge in [-0.25, -0.2) is 26.3 Å². The second-order valence-corrected chi connectivity index (χ2v) is 11.8. The van der Waals surface area contributed by atoms with E-state index < -0.39 is 52.6 Å². The van der Waals surface area contributed by atoms with E-state index in [2.05, 4.69) is 9.50 Å². The van der Waals surface area contributed by atoms with Crippen LogP contribution in [0.2, 0.25) is 0 Å². The molecule has 0 radical (unpaired) electrons. The van der Waals surface area contributed by atoms with Crippen molar-refractivity contribution >= 4 is 16.4 Å². The van der Waals surface area contributed by atoms with Gasteiger partial charge in [-0.3, -0.25) is 14.0 Å². The second-order valence-electron chi connectivity index (χ2n) is 10.2. The Kier molecular flexibility index (Phi) is 30.3. The lowest BCUT2D eigenvalue weighted by atomic mass is 10.1. The van der Waals surface area contributed by atoms with Gasteiger partial charge in [0.05, 0.1) is 31.8 Å². The molecule has 0 bridgehead atoms. The molecule has 3 N–H and O–H groups in total. The van der Waals surface area contributed by atoms with E-state index in [1.54, 1.807) is 34.7 Å². The Morgan fingerprint density at radius 1 is 0.791 bits per heavy atom. The van der Waals surface area contributed by atoms with E-state index in [4.69, 9.17) is 10.2 Å². The van der Waals surface area contributed by atoms with Crippen molar-refractivity contribution in [2.45, 2.75) is 97.8 Å². The lowest BCUT2D eigenvalue weighted by Gasteiger charge is -2.33. The normalized spacial score (nSPS) is 12.4. The van der Waals surface area contributed by atoms with E-state index >= 15 is 0 Å². The summed E-state index contributed by atoms with van der Waals surface area (Å²) in [4.78, 5) is 13.1. The van der Waals surface area contributed by atoms with Crippen molar-refractivity contribution in [3.8, 4) is 0 Å². The van der Waals surface area contributed by atoms with Crippen LogP contribution < -0.4 is 5.32 Å². The zero-order chi connectivity index (χ0) is 34.0. The summed E-state index contributed by atoms with van der Waals surface area (Å²) >= 11 is 0. The van der Waals surface area contributed by atoms with Crippen molar-refractivity contribution in [1.29, 1.82) is 0 Å². The highest BCUT2D eigenvalue weighted by molar-refractivity contribution is 7.87. The molecule has 0 aromatic rings. The smallest absolute Gasteiger partial charge is 0.394 e. The second kappa shape index (κ2) is 24.0. The van der Waals surface area contributed by atoms with Gasteiger partial charge in [0, 0.05) is 11.1 Å². The van der Waals surface area contributed by atoms with Gasteiger partial charge in [-0.1, -0.05) is 14.9 Å². The summed E-state index contributed by atoms with van der Waals surface area (Å²) in [5, 5.41) is 20.3. The molecule has 0 fully saturated rings. The molecule has 0 saturated heterocycles. The summed E-state index contributed by atoms with van der Waals surface area (Å²) in [6.45, 7) is 8.12. The molecule has 9 nitrogen and oxygen atoms in total. The number of hydrogen-bond acceptors (Lipinski definition) is 9. The first-order valence-electron chi connectivity index (χ1n) is 11.7. The van der Waals surface area contributed by atoms with Crippen LogP contribution in [0.3, 0.4) is 0 Å². The molecule has 0 rings (SSSR count). The van der Waals surface area contributed by atoms with Crippen molar-refractivity contribution < 1.29 is 67.1 Å². The third kappa shape index (κ3) is 29.2. The fourth-order valence-corrected chi connectivity index (χ4v) is 1.81. The number of carbonyl (C=O) groups excluding carboxylic acids is 1. The Morgan fingerprint density at radius 2 is 1.16 bits per heavy atom. The average molecular weight is 682 g/mol. The summed E-state index contributed by atoms with van der Waals surface area (Å²) in [7, 11) is -0.971. The van der Waals surface area contributed by atoms with Gasteiger partial charge in [-0.05, 0) is 62.7 Å². The summed E-state index contributed by atoms with van der Waals surface area (Å²) in [6, 6.07) is 0. The fourth-order valence-electron chi connectivity index (χ4n) is 1.39. The molecule has 0 spiro atoms. The van der Waals surface area contributed by atoms with Crippen LogP contribution in [0.1, 0.15) is 56.4 Å². The largest absolute Gasteiger partial charge is 0.523 e. The first-order valence-corrected chi connectivity index (χ1v) is 13.1. The number of rotatable bonds is 13. The van der Waals surface area contributed by atoms with Crippen molar-refractivity contribution in [3.05, 3.63) is 0 Å². The molecule has 0 saturated carbocycles. The molecule has 0 aromatic heterocycles. The Morgan fingerprint density at radius 3 is 1.37 bits per heavy atom. The van der Waals surface area contributed by atoms with Gasteiger partial charge in [-0.15, -0.1) is 0 Å². The minimum Gasteiger partial charge on any atom is -0.394 e. The standard InChI is InChI=1S/C7H15F2NO.C7H13F2NO.C5H13NO.C3H3F5O3S.2CH4/c2*1-7(2,5-11)10(3)4-6(8)9;1-5(2,4-7)6-3;4-2(5)1-11-12(9,10)3(6,7)8;;/h6,11H,4-5H2,1-3H3;5-6H,4H2,1-3H3;6-7H,4H2,1-3H3;2H,1H2;2*1H4. The molecular formula is C24H52F9N3O6S. The number of halogens is 9. The van der Waals surface area contributed by atoms with Crippen LogP contribution in [-0.2, 0) is 19.1 Å². The number of hydrogen-bond donors (Lipinski definition) is 3. The van der Waals surface area contributed by atoms with Crippen molar-refractivity contribution in [2.75, 3.05) is 54.1 Å². The summed E-state index contributed by atoms with van der Waals surface area (Å²) < 4.78 is 126. The molecule has 0 aliphatic carbocycles. The number of nitrogens with zero attached hydrogens (tertiary/aromatic N) is 2. The molecule has 0 aliphatic heterocycles. The van der Waals surface area contributed by atoms with Crippen molar-refractivity contribution in [2.24, 2.45) is 0 Å². The Balaban J connectivity index is -0.000000106. The molecule has 0 aliphatic rings. The number of aldehydes is 1. The van der Waals surface area contributed by atoms with E-state index in [0.717, 1.165) is 0 Å². The molecule has 0 unspecified atom stereocenters. The monoisotopic (exact) mass is 681 g/mol. The number of nitrogens with one attached hydrogen (secondary N) is 1. The Bertz CT molecular complexity index is 781. The quantitative estimate of drug-likeness (QED) is 0.112. The Labute approximate surface area is 250 Å². The molecule has 19 heteroatoms. The van der Waals surface area contributed by atoms with E-state index in [9.17, 15) is 52.7 Å². The van der Waals surface area contributed by atoms with E-state index in [1.165, 1.54) is 16.8 Å². The topological polar surface area (TPSA) is 119 Å². The number of aliphatic hydroxyl groups excluding tert-OH is 2. The first kappa shape index (κ1) is 54.2. The van der Waals surface area contributed by atoms with E-state index in [-0.39, 0.29) is 46.7 Å². The molecule has 43 heavy (non-hydrogen) atoms. The number of alkyl halides is 9. The molecular weight excluding hydrogens is 629 g/mol. The maximum Gasteiger partial charge on any atom is 0.523 e. The SMILES string of the molecule is C.C.CN(CC(F)F)C(C)(C)C=O.CN(CC(F)F)C(C)(C)CO.CNC(C)(C)CO.O=S(=O)(OCC(F)F)C(F)(F)F. The minimum atomic E-state index is -5.87. The lowest BCUT2D eigenvalue weighted by molar-refractivity contribution is -0.117. The summed E-state index contributed by atoms with van der Waals surface area (Å²) in [5.41, 5.74) is -7.12. The van der Waals surface area contributed by atoms with Gasteiger partial charge in [0.25, 0.3) is 19.3 Å². The van der Waals surface area contributed by atoms with Crippen LogP contribution >= 0.6 is 0 Å². The molecule has 0 heterocycles. The third-order valence-electron chi connectivity index (χ3n) is 5.22. The Hall–Kier alpha value is -1.25. The lowest BCUT2D eigenvalue weighted by Crippen LogP contribution is -2.46. The average Bonchev–Trinajstić information content (AvgIpc) is 2.82. The predicted octanol–water partition coefficient (Wildman–Crippen LogP) is 4.48. The molecule has 0 aromatic carbocycles. The van der Waals surface area contributed by atoms with Gasteiger partial charge >= 0.3 is 15.6 Å². The molecule has 268 valence electrons. The number of likely N-dealkylation sites (N-methyl/N-ethyl adjacent to an activating group) is 3. The molecule has 0 amide bonds. The first-order chi connectivity index (χ1) is 18.1. The van der Waals surface area contributed by atoms with Crippen molar-refractivity contribution in [3.63, 3.8) is 0 Å². The van der Waals surface area contributed by atoms with Crippen molar-refractivity contribution in [1.82, 2.24) is 15.1 Å². The van der Waals surface area contributed by atoms with Crippen LogP contribution in [0.15, 0.2) is 0 Å². The maximum absolute atomic E-state index is 11.8. The van der Waals surface area contributed by atoms with Gasteiger partial charge in [-0.2, -0.15) is 21.6 Å². The highest BCUT2D eigenvalue weighted by atomic mass is 32.2. The highest BCUT2D eigenvalue weighted by Gasteiger charge is 2.47. The van der Waals surface area contributed by atoms with Crippen LogP contribution in [0.25, 0.3) is 0 Å².